The highest BCUT2D eigenvalue weighted by molar-refractivity contribution is 6.29. The van der Waals surface area contributed by atoms with E-state index in [9.17, 15) is 0 Å². The van der Waals surface area contributed by atoms with Crippen LogP contribution < -0.4 is 11.1 Å². The zero-order valence-corrected chi connectivity index (χ0v) is 10.0. The minimum atomic E-state index is 0.432. The molecule has 0 saturated carbocycles. The number of aromatic nitrogens is 1. The van der Waals surface area contributed by atoms with E-state index in [0.29, 0.717) is 16.8 Å². The molecule has 1 aromatic heterocycles. The van der Waals surface area contributed by atoms with Gasteiger partial charge in [0.15, 0.2) is 0 Å². The zero-order valence-electron chi connectivity index (χ0n) is 9.26. The van der Waals surface area contributed by atoms with Crippen LogP contribution in [-0.2, 0) is 0 Å². The van der Waals surface area contributed by atoms with Crippen molar-refractivity contribution in [2.45, 2.75) is 26.7 Å². The predicted octanol–water partition coefficient (Wildman–Crippen LogP) is 3.17. The molecular formula is C11H18ClN3. The highest BCUT2D eigenvalue weighted by atomic mass is 35.5. The Hall–Kier alpha value is -0.960. The quantitative estimate of drug-likeness (QED) is 0.760. The lowest BCUT2D eigenvalue weighted by atomic mass is 10.0. The molecule has 1 heterocycles. The molecule has 1 rings (SSSR count). The van der Waals surface area contributed by atoms with Crippen LogP contribution in [0.15, 0.2) is 12.1 Å². The van der Waals surface area contributed by atoms with Gasteiger partial charge in [-0.05, 0) is 12.0 Å². The molecule has 0 saturated heterocycles. The molecule has 0 radical (unpaired) electrons. The summed E-state index contributed by atoms with van der Waals surface area (Å²) in [6.45, 7) is 5.30. The average Bonchev–Trinajstić information content (AvgIpc) is 2.18. The number of anilines is 2. The third-order valence-electron chi connectivity index (χ3n) is 2.54. The first-order valence-electron chi connectivity index (χ1n) is 5.32. The summed E-state index contributed by atoms with van der Waals surface area (Å²) >= 11 is 5.80. The van der Waals surface area contributed by atoms with Gasteiger partial charge in [0.25, 0.3) is 0 Å². The number of halogens is 1. The molecule has 0 atom stereocenters. The van der Waals surface area contributed by atoms with Gasteiger partial charge in [-0.15, -0.1) is 0 Å². The van der Waals surface area contributed by atoms with Crippen molar-refractivity contribution in [3.8, 4) is 0 Å². The smallest absolute Gasteiger partial charge is 0.133 e. The van der Waals surface area contributed by atoms with Gasteiger partial charge in [0.1, 0.15) is 11.0 Å². The molecule has 0 spiro atoms. The monoisotopic (exact) mass is 227 g/mol. The number of nitrogens with one attached hydrogen (secondary N) is 1. The van der Waals surface area contributed by atoms with Crippen LogP contribution in [0.5, 0.6) is 0 Å². The summed E-state index contributed by atoms with van der Waals surface area (Å²) < 4.78 is 0. The molecule has 0 amide bonds. The fourth-order valence-electron chi connectivity index (χ4n) is 1.43. The number of nitrogens with two attached hydrogens (primary N) is 1. The number of pyridine rings is 1. The van der Waals surface area contributed by atoms with E-state index >= 15 is 0 Å². The minimum absolute atomic E-state index is 0.432. The van der Waals surface area contributed by atoms with E-state index in [4.69, 9.17) is 17.3 Å². The fourth-order valence-corrected chi connectivity index (χ4v) is 1.65. The Labute approximate surface area is 96.0 Å². The Morgan fingerprint density at radius 3 is 2.60 bits per heavy atom. The number of rotatable bonds is 5. The van der Waals surface area contributed by atoms with E-state index in [1.807, 2.05) is 0 Å². The number of hydrogen-bond acceptors (Lipinski definition) is 3. The van der Waals surface area contributed by atoms with E-state index in [0.717, 1.165) is 12.4 Å². The van der Waals surface area contributed by atoms with Crippen molar-refractivity contribution < 1.29 is 0 Å². The first-order valence-corrected chi connectivity index (χ1v) is 5.70. The third-order valence-corrected chi connectivity index (χ3v) is 2.74. The summed E-state index contributed by atoms with van der Waals surface area (Å²) in [5, 5.41) is 3.69. The van der Waals surface area contributed by atoms with Crippen molar-refractivity contribution in [1.29, 1.82) is 0 Å². The Bertz CT molecular complexity index is 290. The fraction of sp³-hybridized carbons (Fsp3) is 0.545. The largest absolute Gasteiger partial charge is 0.399 e. The second-order valence-corrected chi connectivity index (χ2v) is 4.06. The lowest BCUT2D eigenvalue weighted by Crippen LogP contribution is -2.13. The van der Waals surface area contributed by atoms with E-state index in [-0.39, 0.29) is 0 Å². The molecule has 0 fully saturated rings. The molecule has 0 unspecified atom stereocenters. The normalized spacial score (nSPS) is 10.7. The van der Waals surface area contributed by atoms with Crippen molar-refractivity contribution in [3.05, 3.63) is 17.3 Å². The van der Waals surface area contributed by atoms with Crippen LogP contribution in [0, 0.1) is 5.92 Å². The Morgan fingerprint density at radius 1 is 1.40 bits per heavy atom. The maximum atomic E-state index is 5.80. The highest BCUT2D eigenvalue weighted by Gasteiger charge is 2.04. The lowest BCUT2D eigenvalue weighted by Gasteiger charge is -2.13. The number of nitrogen functional groups attached to an aromatic ring is 1. The van der Waals surface area contributed by atoms with Gasteiger partial charge in [0.2, 0.25) is 0 Å². The summed E-state index contributed by atoms with van der Waals surface area (Å²) in [7, 11) is 0. The van der Waals surface area contributed by atoms with Crippen LogP contribution in [0.1, 0.15) is 26.7 Å². The first-order chi connectivity index (χ1) is 7.15. The molecule has 3 nitrogen and oxygen atoms in total. The maximum absolute atomic E-state index is 5.80. The molecule has 0 aliphatic rings. The lowest BCUT2D eigenvalue weighted by molar-refractivity contribution is 0.518. The summed E-state index contributed by atoms with van der Waals surface area (Å²) in [5.41, 5.74) is 6.31. The van der Waals surface area contributed by atoms with Gasteiger partial charge in [-0.1, -0.05) is 38.3 Å². The Morgan fingerprint density at radius 2 is 2.07 bits per heavy atom. The van der Waals surface area contributed by atoms with Gasteiger partial charge in [0.05, 0.1) is 0 Å². The molecule has 3 N–H and O–H groups in total. The molecule has 84 valence electrons. The van der Waals surface area contributed by atoms with E-state index < -0.39 is 0 Å². The van der Waals surface area contributed by atoms with Crippen molar-refractivity contribution in [3.63, 3.8) is 0 Å². The van der Waals surface area contributed by atoms with Crippen LogP contribution in [0.25, 0.3) is 0 Å². The zero-order chi connectivity index (χ0) is 11.3. The van der Waals surface area contributed by atoms with Crippen molar-refractivity contribution >= 4 is 23.1 Å². The SMILES string of the molecule is CCC(CC)CNc1cc(N)cc(Cl)n1. The second kappa shape index (κ2) is 5.81. The van der Waals surface area contributed by atoms with Gasteiger partial charge in [-0.2, -0.15) is 0 Å². The van der Waals surface area contributed by atoms with Crippen LogP contribution in [0.3, 0.4) is 0 Å². The van der Waals surface area contributed by atoms with Crippen LogP contribution in [0.2, 0.25) is 5.15 Å². The van der Waals surface area contributed by atoms with Crippen molar-refractivity contribution in [2.75, 3.05) is 17.6 Å². The maximum Gasteiger partial charge on any atom is 0.133 e. The summed E-state index contributed by atoms with van der Waals surface area (Å²) in [4.78, 5) is 4.15. The summed E-state index contributed by atoms with van der Waals surface area (Å²) in [6, 6.07) is 3.44. The topological polar surface area (TPSA) is 50.9 Å². The Balaban J connectivity index is 2.57. The minimum Gasteiger partial charge on any atom is -0.399 e. The number of nitrogens with zero attached hydrogens (tertiary/aromatic N) is 1. The van der Waals surface area contributed by atoms with Crippen LogP contribution in [0.4, 0.5) is 11.5 Å². The van der Waals surface area contributed by atoms with E-state index in [2.05, 4.69) is 24.1 Å². The first kappa shape index (κ1) is 12.1. The van der Waals surface area contributed by atoms with Gasteiger partial charge < -0.3 is 11.1 Å². The highest BCUT2D eigenvalue weighted by Crippen LogP contribution is 2.17. The second-order valence-electron chi connectivity index (χ2n) is 3.67. The molecule has 0 aliphatic heterocycles. The molecule has 4 heteroatoms. The van der Waals surface area contributed by atoms with Crippen LogP contribution >= 0.6 is 11.6 Å². The van der Waals surface area contributed by atoms with Gasteiger partial charge in [-0.3, -0.25) is 0 Å². The molecule has 1 aromatic rings. The van der Waals surface area contributed by atoms with Crippen molar-refractivity contribution in [1.82, 2.24) is 4.98 Å². The van der Waals surface area contributed by atoms with Gasteiger partial charge in [0, 0.05) is 18.3 Å². The van der Waals surface area contributed by atoms with Gasteiger partial charge in [-0.25, -0.2) is 4.98 Å². The summed E-state index contributed by atoms with van der Waals surface area (Å²) in [6.07, 6.45) is 2.33. The van der Waals surface area contributed by atoms with E-state index in [1.54, 1.807) is 12.1 Å². The molecule has 0 aromatic carbocycles. The van der Waals surface area contributed by atoms with E-state index in [1.165, 1.54) is 12.8 Å². The van der Waals surface area contributed by atoms with Gasteiger partial charge >= 0.3 is 0 Å². The molecule has 0 bridgehead atoms. The average molecular weight is 228 g/mol. The molecule has 15 heavy (non-hydrogen) atoms. The Kier molecular flexibility index (Phi) is 4.69. The van der Waals surface area contributed by atoms with Crippen LogP contribution in [-0.4, -0.2) is 11.5 Å². The third kappa shape index (κ3) is 3.96. The predicted molar refractivity (Wildman–Crippen MR) is 66.2 cm³/mol. The van der Waals surface area contributed by atoms with Crippen molar-refractivity contribution in [2.24, 2.45) is 5.92 Å². The molecule has 0 aliphatic carbocycles. The summed E-state index contributed by atoms with van der Waals surface area (Å²) in [5.74, 6) is 1.43. The standard InChI is InChI=1S/C11H18ClN3/c1-3-8(4-2)7-14-11-6-9(13)5-10(12)15-11/h5-6,8H,3-4,7H2,1-2H3,(H3,13,14,15). The number of hydrogen-bond donors (Lipinski definition) is 2. The molecular weight excluding hydrogens is 210 g/mol.